The Morgan fingerprint density at radius 3 is 2.96 bits per heavy atom. The Morgan fingerprint density at radius 1 is 1.14 bits per heavy atom. The fourth-order valence-electron chi connectivity index (χ4n) is 3.59. The summed E-state index contributed by atoms with van der Waals surface area (Å²) in [5.74, 6) is 2.63. The largest absolute Gasteiger partial charge is 0.454 e. The second-order valence-corrected chi connectivity index (χ2v) is 6.84. The van der Waals surface area contributed by atoms with Gasteiger partial charge in [-0.15, -0.1) is 0 Å². The Morgan fingerprint density at radius 2 is 2.04 bits per heavy atom. The zero-order chi connectivity index (χ0) is 18.9. The first-order chi connectivity index (χ1) is 13.8. The number of fused-ring (bicyclic) bond motifs is 2. The molecule has 3 heterocycles. The number of aryl methyl sites for hydroxylation is 1. The van der Waals surface area contributed by atoms with Crippen molar-refractivity contribution in [1.82, 2.24) is 25.1 Å². The van der Waals surface area contributed by atoms with Gasteiger partial charge in [0, 0.05) is 37.7 Å². The molecule has 0 unspecified atom stereocenters. The highest BCUT2D eigenvalue weighted by Crippen LogP contribution is 2.36. The van der Waals surface area contributed by atoms with E-state index in [9.17, 15) is 0 Å². The van der Waals surface area contributed by atoms with Gasteiger partial charge in [-0.3, -0.25) is 5.10 Å². The molecule has 4 aromatic rings. The zero-order valence-electron chi connectivity index (χ0n) is 15.6. The lowest BCUT2D eigenvalue weighted by atomic mass is 10.1. The molecule has 0 saturated carbocycles. The predicted molar refractivity (Wildman–Crippen MR) is 106 cm³/mol. The molecule has 0 aliphatic carbocycles. The van der Waals surface area contributed by atoms with Crippen LogP contribution in [0.25, 0.3) is 22.3 Å². The third-order valence-corrected chi connectivity index (χ3v) is 5.10. The molecular weight excluding hydrogens is 354 g/mol. The first-order valence-electron chi connectivity index (χ1n) is 9.33. The summed E-state index contributed by atoms with van der Waals surface area (Å²) < 4.78 is 13.0. The lowest BCUT2D eigenvalue weighted by Gasteiger charge is -2.07. The second-order valence-electron chi connectivity index (χ2n) is 6.84. The number of imidazole rings is 1. The Hall–Kier alpha value is -3.32. The van der Waals surface area contributed by atoms with Crippen LogP contribution >= 0.6 is 0 Å². The molecule has 0 bridgehead atoms. The van der Waals surface area contributed by atoms with Gasteiger partial charge in [0.15, 0.2) is 11.5 Å². The van der Waals surface area contributed by atoms with Gasteiger partial charge in [0.1, 0.15) is 5.82 Å². The molecule has 1 aliphatic rings. The van der Waals surface area contributed by atoms with Gasteiger partial charge in [0.2, 0.25) is 6.79 Å². The molecule has 2 aromatic heterocycles. The van der Waals surface area contributed by atoms with Crippen molar-refractivity contribution in [2.45, 2.75) is 13.0 Å². The van der Waals surface area contributed by atoms with E-state index in [2.05, 4.69) is 39.3 Å². The maximum absolute atomic E-state index is 5.48. The number of ether oxygens (including phenoxy) is 2. The highest BCUT2D eigenvalue weighted by molar-refractivity contribution is 5.75. The average molecular weight is 375 g/mol. The van der Waals surface area contributed by atoms with Gasteiger partial charge in [0.25, 0.3) is 0 Å². The van der Waals surface area contributed by atoms with E-state index in [1.54, 1.807) is 0 Å². The van der Waals surface area contributed by atoms with Crippen LogP contribution < -0.4 is 14.8 Å². The summed E-state index contributed by atoms with van der Waals surface area (Å²) in [4.78, 5) is 4.72. The van der Waals surface area contributed by atoms with Crippen molar-refractivity contribution in [3.63, 3.8) is 0 Å². The molecule has 0 saturated heterocycles. The third kappa shape index (κ3) is 2.99. The normalized spacial score (nSPS) is 12.8. The van der Waals surface area contributed by atoms with Crippen molar-refractivity contribution in [2.24, 2.45) is 7.05 Å². The fourth-order valence-corrected chi connectivity index (χ4v) is 3.59. The Kier molecular flexibility index (Phi) is 4.21. The minimum atomic E-state index is 0.276. The van der Waals surface area contributed by atoms with Crippen LogP contribution in [-0.4, -0.2) is 33.1 Å². The van der Waals surface area contributed by atoms with E-state index in [1.165, 1.54) is 0 Å². The number of rotatable bonds is 6. The minimum Gasteiger partial charge on any atom is -0.454 e. The van der Waals surface area contributed by atoms with Crippen molar-refractivity contribution in [2.75, 3.05) is 13.3 Å². The van der Waals surface area contributed by atoms with E-state index < -0.39 is 0 Å². The number of aromatic nitrogens is 4. The van der Waals surface area contributed by atoms with Crippen LogP contribution in [0.2, 0.25) is 0 Å². The van der Waals surface area contributed by atoms with Crippen molar-refractivity contribution >= 4 is 11.0 Å². The van der Waals surface area contributed by atoms with Gasteiger partial charge >= 0.3 is 0 Å². The van der Waals surface area contributed by atoms with Gasteiger partial charge < -0.3 is 19.4 Å². The monoisotopic (exact) mass is 375 g/mol. The number of aromatic amines is 1. The molecule has 0 radical (unpaired) electrons. The second kappa shape index (κ2) is 7.01. The number of para-hydroxylation sites is 2. The first kappa shape index (κ1) is 16.8. The number of hydrogen-bond acceptors (Lipinski definition) is 5. The topological polar surface area (TPSA) is 77.0 Å². The molecule has 7 heteroatoms. The number of nitrogens with one attached hydrogen (secondary N) is 2. The maximum atomic E-state index is 5.48. The Labute approximate surface area is 162 Å². The molecule has 0 amide bonds. The van der Waals surface area contributed by atoms with E-state index in [4.69, 9.17) is 14.5 Å². The number of H-pyrrole nitrogens is 1. The van der Waals surface area contributed by atoms with Crippen LogP contribution in [0.1, 0.15) is 11.4 Å². The summed E-state index contributed by atoms with van der Waals surface area (Å²) >= 11 is 0. The molecule has 142 valence electrons. The molecule has 28 heavy (non-hydrogen) atoms. The van der Waals surface area contributed by atoms with Gasteiger partial charge in [-0.05, 0) is 30.3 Å². The van der Waals surface area contributed by atoms with Crippen LogP contribution in [0, 0.1) is 0 Å². The van der Waals surface area contributed by atoms with Crippen LogP contribution in [-0.2, 0) is 20.0 Å². The molecular formula is C21H21N5O2. The minimum absolute atomic E-state index is 0.276. The highest BCUT2D eigenvalue weighted by atomic mass is 16.7. The molecule has 1 aliphatic heterocycles. The molecule has 0 fully saturated rings. The summed E-state index contributed by atoms with van der Waals surface area (Å²) in [5.41, 5.74) is 5.35. The average Bonchev–Trinajstić information content (AvgIpc) is 3.44. The standard InChI is InChI=1S/C21H21N5O2/c1-26-17-5-3-2-4-16(17)24-20(26)8-9-22-11-15-12-23-25-21(15)14-6-7-18-19(10-14)28-13-27-18/h2-7,10,12,22H,8-9,11,13H2,1H3,(H,23,25). The molecule has 2 N–H and O–H groups in total. The summed E-state index contributed by atoms with van der Waals surface area (Å²) in [6.45, 7) is 1.84. The molecule has 0 spiro atoms. The van der Waals surface area contributed by atoms with Crippen LogP contribution in [0.15, 0.2) is 48.7 Å². The molecule has 2 aromatic carbocycles. The van der Waals surface area contributed by atoms with E-state index in [-0.39, 0.29) is 6.79 Å². The lowest BCUT2D eigenvalue weighted by Crippen LogP contribution is -2.18. The molecule has 0 atom stereocenters. The van der Waals surface area contributed by atoms with Gasteiger partial charge in [-0.2, -0.15) is 5.10 Å². The van der Waals surface area contributed by atoms with Crippen LogP contribution in [0.3, 0.4) is 0 Å². The Balaban J connectivity index is 1.24. The lowest BCUT2D eigenvalue weighted by molar-refractivity contribution is 0.174. The molecule has 7 nitrogen and oxygen atoms in total. The van der Waals surface area contributed by atoms with Crippen LogP contribution in [0.4, 0.5) is 0 Å². The summed E-state index contributed by atoms with van der Waals surface area (Å²) in [5, 5.41) is 10.8. The number of hydrogen-bond donors (Lipinski definition) is 2. The van der Waals surface area contributed by atoms with E-state index >= 15 is 0 Å². The smallest absolute Gasteiger partial charge is 0.231 e. The van der Waals surface area contributed by atoms with Crippen molar-refractivity contribution in [3.05, 3.63) is 60.0 Å². The summed E-state index contributed by atoms with van der Waals surface area (Å²) in [6, 6.07) is 14.2. The van der Waals surface area contributed by atoms with E-state index in [0.29, 0.717) is 0 Å². The van der Waals surface area contributed by atoms with Crippen LogP contribution in [0.5, 0.6) is 11.5 Å². The van der Waals surface area contributed by atoms with Gasteiger partial charge in [-0.1, -0.05) is 12.1 Å². The third-order valence-electron chi connectivity index (χ3n) is 5.10. The number of benzene rings is 2. The summed E-state index contributed by atoms with van der Waals surface area (Å²) in [7, 11) is 2.07. The van der Waals surface area contributed by atoms with E-state index in [1.807, 2.05) is 36.5 Å². The SMILES string of the molecule is Cn1c(CCNCc2cn[nH]c2-c2ccc3c(c2)OCO3)nc2ccccc21. The van der Waals surface area contributed by atoms with Crippen molar-refractivity contribution in [3.8, 4) is 22.8 Å². The van der Waals surface area contributed by atoms with E-state index in [0.717, 1.165) is 64.7 Å². The summed E-state index contributed by atoms with van der Waals surface area (Å²) in [6.07, 6.45) is 2.73. The first-order valence-corrected chi connectivity index (χ1v) is 9.33. The Bertz CT molecular complexity index is 1130. The van der Waals surface area contributed by atoms with Gasteiger partial charge in [0.05, 0.1) is 22.9 Å². The quantitative estimate of drug-likeness (QED) is 0.507. The fraction of sp³-hybridized carbons (Fsp3) is 0.238. The van der Waals surface area contributed by atoms with Crippen molar-refractivity contribution < 1.29 is 9.47 Å². The highest BCUT2D eigenvalue weighted by Gasteiger charge is 2.16. The van der Waals surface area contributed by atoms with Crippen molar-refractivity contribution in [1.29, 1.82) is 0 Å². The zero-order valence-corrected chi connectivity index (χ0v) is 15.6. The molecule has 5 rings (SSSR count). The predicted octanol–water partition coefficient (Wildman–Crippen LogP) is 3.02. The number of nitrogens with zero attached hydrogens (tertiary/aromatic N) is 3. The van der Waals surface area contributed by atoms with Gasteiger partial charge in [-0.25, -0.2) is 4.98 Å². The maximum Gasteiger partial charge on any atom is 0.231 e.